The Morgan fingerprint density at radius 3 is 2.54 bits per heavy atom. The van der Waals surface area contributed by atoms with Crippen molar-refractivity contribution >= 4 is 0 Å². The van der Waals surface area contributed by atoms with Crippen LogP contribution in [0.5, 0.6) is 0 Å². The van der Waals surface area contributed by atoms with Gasteiger partial charge in [0.1, 0.15) is 0 Å². The first kappa shape index (κ1) is 8.63. The summed E-state index contributed by atoms with van der Waals surface area (Å²) < 4.78 is 0. The fourth-order valence-corrected chi connectivity index (χ4v) is 1.77. The Hall–Kier alpha value is -0.960. The maximum Gasteiger partial charge on any atom is 0.0671 e. The van der Waals surface area contributed by atoms with E-state index >= 15 is 0 Å². The molecule has 1 aliphatic rings. The molecule has 1 heterocycles. The number of nitrogens with zero attached hydrogens (tertiary/aromatic N) is 2. The van der Waals surface area contributed by atoms with Crippen molar-refractivity contribution in [3.05, 3.63) is 23.8 Å². The molecule has 0 saturated heterocycles. The Bertz CT molecular complexity index is 285. The maximum atomic E-state index is 9.29. The number of hydrogen-bond acceptors (Lipinski definition) is 3. The maximum absolute atomic E-state index is 9.29. The van der Waals surface area contributed by atoms with Gasteiger partial charge in [0.2, 0.25) is 0 Å². The van der Waals surface area contributed by atoms with Crippen LogP contribution in [0, 0.1) is 6.92 Å². The number of aromatic nitrogens is 2. The van der Waals surface area contributed by atoms with E-state index in [2.05, 4.69) is 9.97 Å². The van der Waals surface area contributed by atoms with Gasteiger partial charge in [0, 0.05) is 17.8 Å². The average molecular weight is 178 g/mol. The van der Waals surface area contributed by atoms with Crippen LogP contribution in [0.4, 0.5) is 0 Å². The van der Waals surface area contributed by atoms with E-state index in [-0.39, 0.29) is 12.0 Å². The van der Waals surface area contributed by atoms with E-state index in [9.17, 15) is 5.11 Å². The van der Waals surface area contributed by atoms with E-state index in [0.717, 1.165) is 24.2 Å². The fraction of sp³-hybridized carbons (Fsp3) is 0.600. The monoisotopic (exact) mass is 178 g/mol. The number of rotatable bonds is 2. The van der Waals surface area contributed by atoms with Crippen molar-refractivity contribution in [1.82, 2.24) is 9.97 Å². The number of aliphatic hydroxyl groups excluding tert-OH is 1. The zero-order chi connectivity index (χ0) is 9.31. The fourth-order valence-electron chi connectivity index (χ4n) is 1.77. The largest absolute Gasteiger partial charge is 0.395 e. The molecule has 2 rings (SSSR count). The van der Waals surface area contributed by atoms with Crippen LogP contribution in [0.15, 0.2) is 12.4 Å². The highest BCUT2D eigenvalue weighted by Crippen LogP contribution is 2.41. The molecule has 1 aliphatic carbocycles. The zero-order valence-electron chi connectivity index (χ0n) is 7.82. The third kappa shape index (κ3) is 1.33. The molecule has 1 saturated carbocycles. The molecule has 0 aliphatic heterocycles. The predicted molar refractivity (Wildman–Crippen MR) is 49.4 cm³/mol. The van der Waals surface area contributed by atoms with E-state index < -0.39 is 0 Å². The summed E-state index contributed by atoms with van der Waals surface area (Å²) in [6, 6.07) is 0. The molecule has 0 spiro atoms. The molecule has 1 N–H and O–H groups in total. The standard InChI is InChI=1S/C10H14N2O/c1-8-5-12-9(6-11-8)10(7-13)3-2-4-10/h5-6,13H,2-4,7H2,1H3. The minimum absolute atomic E-state index is 0.0687. The number of hydrogen-bond donors (Lipinski definition) is 1. The van der Waals surface area contributed by atoms with E-state index in [1.165, 1.54) is 6.42 Å². The van der Waals surface area contributed by atoms with Crippen molar-refractivity contribution in [2.24, 2.45) is 0 Å². The molecule has 3 heteroatoms. The van der Waals surface area contributed by atoms with Gasteiger partial charge in [-0.2, -0.15) is 0 Å². The van der Waals surface area contributed by atoms with Crippen molar-refractivity contribution < 1.29 is 5.11 Å². The quantitative estimate of drug-likeness (QED) is 0.740. The Balaban J connectivity index is 2.28. The number of aliphatic hydroxyl groups is 1. The SMILES string of the molecule is Cc1cnc(C2(CO)CCC2)cn1. The van der Waals surface area contributed by atoms with Crippen LogP contribution in [-0.2, 0) is 5.41 Å². The first-order chi connectivity index (χ1) is 6.27. The van der Waals surface area contributed by atoms with Crippen LogP contribution in [0.2, 0.25) is 0 Å². The molecule has 0 amide bonds. The summed E-state index contributed by atoms with van der Waals surface area (Å²) in [7, 11) is 0. The van der Waals surface area contributed by atoms with Gasteiger partial charge >= 0.3 is 0 Å². The Morgan fingerprint density at radius 1 is 1.38 bits per heavy atom. The van der Waals surface area contributed by atoms with Gasteiger partial charge in [-0.05, 0) is 19.8 Å². The second-order valence-electron chi connectivity index (χ2n) is 3.84. The molecule has 1 fully saturated rings. The summed E-state index contributed by atoms with van der Waals surface area (Å²) >= 11 is 0. The van der Waals surface area contributed by atoms with Gasteiger partial charge in [-0.15, -0.1) is 0 Å². The summed E-state index contributed by atoms with van der Waals surface area (Å²) in [5.74, 6) is 0. The highest BCUT2D eigenvalue weighted by Gasteiger charge is 2.39. The van der Waals surface area contributed by atoms with Gasteiger partial charge in [0.15, 0.2) is 0 Å². The lowest BCUT2D eigenvalue weighted by Gasteiger charge is -2.39. The normalized spacial score (nSPS) is 19.5. The van der Waals surface area contributed by atoms with Crippen LogP contribution >= 0.6 is 0 Å². The molecule has 0 bridgehead atoms. The van der Waals surface area contributed by atoms with Crippen molar-refractivity contribution in [1.29, 1.82) is 0 Å². The molecular formula is C10H14N2O. The molecule has 1 aromatic heterocycles. The highest BCUT2D eigenvalue weighted by atomic mass is 16.3. The Labute approximate surface area is 77.8 Å². The summed E-state index contributed by atoms with van der Waals surface area (Å²) in [4.78, 5) is 8.52. The van der Waals surface area contributed by atoms with Crippen LogP contribution in [0.1, 0.15) is 30.7 Å². The molecule has 13 heavy (non-hydrogen) atoms. The van der Waals surface area contributed by atoms with Gasteiger partial charge in [-0.1, -0.05) is 6.42 Å². The molecule has 0 aromatic carbocycles. The predicted octanol–water partition coefficient (Wildman–Crippen LogP) is 1.20. The molecule has 1 aromatic rings. The van der Waals surface area contributed by atoms with Gasteiger partial charge in [-0.3, -0.25) is 9.97 Å². The minimum atomic E-state index is -0.0687. The Kier molecular flexibility index (Phi) is 2.04. The van der Waals surface area contributed by atoms with Gasteiger partial charge in [-0.25, -0.2) is 0 Å². The lowest BCUT2D eigenvalue weighted by molar-refractivity contribution is 0.116. The zero-order valence-corrected chi connectivity index (χ0v) is 7.82. The summed E-state index contributed by atoms with van der Waals surface area (Å²) in [6.07, 6.45) is 6.84. The van der Waals surface area contributed by atoms with E-state index in [1.54, 1.807) is 12.4 Å². The van der Waals surface area contributed by atoms with Crippen LogP contribution in [0.3, 0.4) is 0 Å². The lowest BCUT2D eigenvalue weighted by atomic mass is 9.67. The second kappa shape index (κ2) is 3.07. The molecular weight excluding hydrogens is 164 g/mol. The van der Waals surface area contributed by atoms with Crippen molar-refractivity contribution in [3.8, 4) is 0 Å². The number of aryl methyl sites for hydroxylation is 1. The third-order valence-corrected chi connectivity index (χ3v) is 2.94. The topological polar surface area (TPSA) is 46.0 Å². The summed E-state index contributed by atoms with van der Waals surface area (Å²) in [5, 5.41) is 9.29. The lowest BCUT2D eigenvalue weighted by Crippen LogP contribution is -2.38. The minimum Gasteiger partial charge on any atom is -0.395 e. The van der Waals surface area contributed by atoms with Crippen LogP contribution < -0.4 is 0 Å². The van der Waals surface area contributed by atoms with Crippen molar-refractivity contribution in [2.75, 3.05) is 6.61 Å². The average Bonchev–Trinajstić information content (AvgIpc) is 2.07. The first-order valence-corrected chi connectivity index (χ1v) is 4.67. The van der Waals surface area contributed by atoms with Crippen molar-refractivity contribution in [2.45, 2.75) is 31.6 Å². The van der Waals surface area contributed by atoms with Crippen LogP contribution in [-0.4, -0.2) is 21.7 Å². The Morgan fingerprint density at radius 2 is 2.15 bits per heavy atom. The summed E-state index contributed by atoms with van der Waals surface area (Å²) in [5.41, 5.74) is 1.81. The molecule has 0 atom stereocenters. The molecule has 3 nitrogen and oxygen atoms in total. The summed E-state index contributed by atoms with van der Waals surface area (Å²) in [6.45, 7) is 2.12. The van der Waals surface area contributed by atoms with Crippen LogP contribution in [0.25, 0.3) is 0 Å². The molecule has 0 radical (unpaired) electrons. The van der Waals surface area contributed by atoms with E-state index in [1.807, 2.05) is 6.92 Å². The van der Waals surface area contributed by atoms with Crippen molar-refractivity contribution in [3.63, 3.8) is 0 Å². The van der Waals surface area contributed by atoms with Gasteiger partial charge < -0.3 is 5.11 Å². The smallest absolute Gasteiger partial charge is 0.0671 e. The molecule has 0 unspecified atom stereocenters. The second-order valence-corrected chi connectivity index (χ2v) is 3.84. The highest BCUT2D eigenvalue weighted by molar-refractivity contribution is 5.18. The molecule has 70 valence electrons. The van der Waals surface area contributed by atoms with E-state index in [4.69, 9.17) is 0 Å². The van der Waals surface area contributed by atoms with Gasteiger partial charge in [0.25, 0.3) is 0 Å². The first-order valence-electron chi connectivity index (χ1n) is 4.67. The third-order valence-electron chi connectivity index (χ3n) is 2.94. The van der Waals surface area contributed by atoms with Gasteiger partial charge in [0.05, 0.1) is 18.0 Å². The van der Waals surface area contributed by atoms with E-state index in [0.29, 0.717) is 0 Å².